The van der Waals surface area contributed by atoms with Gasteiger partial charge in [-0.1, -0.05) is 18.2 Å². The first kappa shape index (κ1) is 12.2. The van der Waals surface area contributed by atoms with E-state index < -0.39 is 0 Å². The van der Waals surface area contributed by atoms with Gasteiger partial charge in [0, 0.05) is 11.4 Å². The van der Waals surface area contributed by atoms with Crippen molar-refractivity contribution in [3.8, 4) is 0 Å². The molecular formula is C13H15NO2S. The normalized spacial score (nSPS) is 14.7. The Morgan fingerprint density at radius 2 is 2.35 bits per heavy atom. The van der Waals surface area contributed by atoms with Gasteiger partial charge >= 0.3 is 0 Å². The van der Waals surface area contributed by atoms with Gasteiger partial charge in [-0.25, -0.2) is 0 Å². The summed E-state index contributed by atoms with van der Waals surface area (Å²) in [5.74, 6) is 0.569. The lowest BCUT2D eigenvalue weighted by Crippen LogP contribution is -2.36. The van der Waals surface area contributed by atoms with Gasteiger partial charge in [0.05, 0.1) is 18.0 Å². The SMILES string of the molecule is C=C(C)CN1C(=O)CSc2ccc(CO)cc21. The summed E-state index contributed by atoms with van der Waals surface area (Å²) in [6, 6.07) is 5.73. The first-order valence-corrected chi connectivity index (χ1v) is 6.41. The molecule has 0 bridgehead atoms. The summed E-state index contributed by atoms with van der Waals surface area (Å²) in [5.41, 5.74) is 2.66. The molecule has 1 N–H and O–H groups in total. The molecule has 1 aliphatic heterocycles. The number of fused-ring (bicyclic) bond motifs is 1. The second-order valence-corrected chi connectivity index (χ2v) is 5.20. The van der Waals surface area contributed by atoms with E-state index in [9.17, 15) is 4.79 Å². The number of thioether (sulfide) groups is 1. The van der Waals surface area contributed by atoms with E-state index in [0.29, 0.717) is 12.3 Å². The molecule has 0 aliphatic carbocycles. The van der Waals surface area contributed by atoms with Crippen LogP contribution in [0.4, 0.5) is 5.69 Å². The molecule has 0 aromatic heterocycles. The van der Waals surface area contributed by atoms with Crippen molar-refractivity contribution in [3.05, 3.63) is 35.9 Å². The number of benzene rings is 1. The summed E-state index contributed by atoms with van der Waals surface area (Å²) in [7, 11) is 0. The van der Waals surface area contributed by atoms with Gasteiger partial charge in [0.15, 0.2) is 0 Å². The van der Waals surface area contributed by atoms with Crippen LogP contribution in [0.3, 0.4) is 0 Å². The van der Waals surface area contributed by atoms with Crippen molar-refractivity contribution in [3.63, 3.8) is 0 Å². The maximum atomic E-state index is 11.9. The maximum Gasteiger partial charge on any atom is 0.237 e. The highest BCUT2D eigenvalue weighted by Gasteiger charge is 2.24. The minimum Gasteiger partial charge on any atom is -0.392 e. The molecule has 0 fully saturated rings. The molecule has 0 unspecified atom stereocenters. The Bertz CT molecular complexity index is 470. The molecular weight excluding hydrogens is 234 g/mol. The molecule has 1 aliphatic rings. The van der Waals surface area contributed by atoms with Crippen molar-refractivity contribution in [2.45, 2.75) is 18.4 Å². The van der Waals surface area contributed by atoms with Crippen molar-refractivity contribution < 1.29 is 9.90 Å². The van der Waals surface area contributed by atoms with Crippen molar-refractivity contribution in [1.29, 1.82) is 0 Å². The molecule has 1 heterocycles. The van der Waals surface area contributed by atoms with Gasteiger partial charge < -0.3 is 10.0 Å². The summed E-state index contributed by atoms with van der Waals surface area (Å²) in [4.78, 5) is 14.7. The van der Waals surface area contributed by atoms with Gasteiger partial charge in [0.25, 0.3) is 0 Å². The van der Waals surface area contributed by atoms with Crippen LogP contribution in [-0.4, -0.2) is 23.3 Å². The Morgan fingerprint density at radius 3 is 3.00 bits per heavy atom. The van der Waals surface area contributed by atoms with E-state index in [-0.39, 0.29) is 12.5 Å². The lowest BCUT2D eigenvalue weighted by Gasteiger charge is -2.29. The number of anilines is 1. The quantitative estimate of drug-likeness (QED) is 0.835. The highest BCUT2D eigenvalue weighted by molar-refractivity contribution is 8.00. The average molecular weight is 249 g/mol. The second-order valence-electron chi connectivity index (χ2n) is 4.19. The fourth-order valence-corrected chi connectivity index (χ4v) is 2.71. The van der Waals surface area contributed by atoms with E-state index in [1.165, 1.54) is 0 Å². The smallest absolute Gasteiger partial charge is 0.237 e. The van der Waals surface area contributed by atoms with Crippen LogP contribution in [0.25, 0.3) is 0 Å². The lowest BCUT2D eigenvalue weighted by atomic mass is 10.1. The van der Waals surface area contributed by atoms with Crippen molar-refractivity contribution in [2.24, 2.45) is 0 Å². The monoisotopic (exact) mass is 249 g/mol. The number of nitrogens with zero attached hydrogens (tertiary/aromatic N) is 1. The summed E-state index contributed by atoms with van der Waals surface area (Å²) in [5, 5.41) is 9.15. The number of hydrogen-bond acceptors (Lipinski definition) is 3. The third-order valence-electron chi connectivity index (χ3n) is 2.58. The van der Waals surface area contributed by atoms with Gasteiger partial charge in [-0.2, -0.15) is 0 Å². The van der Waals surface area contributed by atoms with Crippen LogP contribution in [0, 0.1) is 0 Å². The lowest BCUT2D eigenvalue weighted by molar-refractivity contribution is -0.116. The van der Waals surface area contributed by atoms with Crippen LogP contribution in [0.1, 0.15) is 12.5 Å². The summed E-state index contributed by atoms with van der Waals surface area (Å²) in [6.07, 6.45) is 0. The van der Waals surface area contributed by atoms with Gasteiger partial charge in [-0.05, 0) is 24.6 Å². The Kier molecular flexibility index (Phi) is 3.54. The van der Waals surface area contributed by atoms with E-state index in [2.05, 4.69) is 6.58 Å². The van der Waals surface area contributed by atoms with Gasteiger partial charge in [0.2, 0.25) is 5.91 Å². The number of carbonyl (C=O) groups excluding carboxylic acids is 1. The Hall–Kier alpha value is -1.26. The third kappa shape index (κ3) is 2.53. The average Bonchev–Trinajstić information content (AvgIpc) is 2.32. The molecule has 0 saturated carbocycles. The molecule has 1 amide bonds. The van der Waals surface area contributed by atoms with E-state index in [1.807, 2.05) is 25.1 Å². The Labute approximate surface area is 105 Å². The Morgan fingerprint density at radius 1 is 1.59 bits per heavy atom. The van der Waals surface area contributed by atoms with Crippen LogP contribution in [-0.2, 0) is 11.4 Å². The number of aliphatic hydroxyl groups is 1. The fourth-order valence-electron chi connectivity index (χ4n) is 1.79. The molecule has 3 nitrogen and oxygen atoms in total. The molecule has 1 aromatic rings. The van der Waals surface area contributed by atoms with Gasteiger partial charge in [-0.15, -0.1) is 11.8 Å². The largest absolute Gasteiger partial charge is 0.392 e. The molecule has 0 saturated heterocycles. The van der Waals surface area contributed by atoms with Crippen molar-refractivity contribution >= 4 is 23.4 Å². The van der Waals surface area contributed by atoms with Crippen LogP contribution < -0.4 is 4.90 Å². The predicted octanol–water partition coefficient (Wildman–Crippen LogP) is 2.19. The Balaban J connectivity index is 2.41. The molecule has 0 atom stereocenters. The van der Waals surface area contributed by atoms with Gasteiger partial charge in [0.1, 0.15) is 0 Å². The first-order valence-electron chi connectivity index (χ1n) is 5.43. The standard InChI is InChI=1S/C13H15NO2S/c1-9(2)6-14-11-5-10(7-15)3-4-12(11)17-8-13(14)16/h3-5,15H,1,6-8H2,2H3. The molecule has 1 aromatic carbocycles. The third-order valence-corrected chi connectivity index (χ3v) is 3.62. The number of carbonyl (C=O) groups is 1. The molecule has 0 radical (unpaired) electrons. The van der Waals surface area contributed by atoms with Crippen LogP contribution in [0.15, 0.2) is 35.2 Å². The summed E-state index contributed by atoms with van der Waals surface area (Å²) in [6.45, 7) is 6.29. The molecule has 0 spiro atoms. The number of hydrogen-bond donors (Lipinski definition) is 1. The fraction of sp³-hybridized carbons (Fsp3) is 0.308. The van der Waals surface area contributed by atoms with E-state index in [0.717, 1.165) is 21.7 Å². The second kappa shape index (κ2) is 4.94. The van der Waals surface area contributed by atoms with Crippen LogP contribution in [0.2, 0.25) is 0 Å². The highest BCUT2D eigenvalue weighted by atomic mass is 32.2. The molecule has 4 heteroatoms. The summed E-state index contributed by atoms with van der Waals surface area (Å²) < 4.78 is 0. The zero-order valence-electron chi connectivity index (χ0n) is 9.77. The molecule has 17 heavy (non-hydrogen) atoms. The molecule has 90 valence electrons. The van der Waals surface area contributed by atoms with Gasteiger partial charge in [-0.3, -0.25) is 4.79 Å². The minimum atomic E-state index is -0.00690. The number of aliphatic hydroxyl groups excluding tert-OH is 1. The summed E-state index contributed by atoms with van der Waals surface area (Å²) >= 11 is 1.54. The zero-order chi connectivity index (χ0) is 12.4. The molecule has 2 rings (SSSR count). The predicted molar refractivity (Wildman–Crippen MR) is 70.3 cm³/mol. The maximum absolute atomic E-state index is 11.9. The van der Waals surface area contributed by atoms with Crippen LogP contribution in [0.5, 0.6) is 0 Å². The topological polar surface area (TPSA) is 40.5 Å². The highest BCUT2D eigenvalue weighted by Crippen LogP contribution is 2.36. The number of rotatable bonds is 3. The zero-order valence-corrected chi connectivity index (χ0v) is 10.6. The minimum absolute atomic E-state index is 0.00690. The van der Waals surface area contributed by atoms with Crippen LogP contribution >= 0.6 is 11.8 Å². The first-order chi connectivity index (χ1) is 8.11. The van der Waals surface area contributed by atoms with E-state index >= 15 is 0 Å². The van der Waals surface area contributed by atoms with E-state index in [4.69, 9.17) is 5.11 Å². The van der Waals surface area contributed by atoms with Crippen molar-refractivity contribution in [1.82, 2.24) is 0 Å². The number of amides is 1. The van der Waals surface area contributed by atoms with E-state index in [1.54, 1.807) is 16.7 Å². The van der Waals surface area contributed by atoms with Crippen molar-refractivity contribution in [2.75, 3.05) is 17.2 Å².